The minimum Gasteiger partial charge on any atom is -0.380 e. The molecule has 2 fully saturated rings. The average molecular weight is 362 g/mol. The average Bonchev–Trinajstić information content (AvgIpc) is 3.00. The molecule has 25 heavy (non-hydrogen) atoms. The van der Waals surface area contributed by atoms with Gasteiger partial charge in [-0.1, -0.05) is 18.2 Å². The second-order valence-electron chi connectivity index (χ2n) is 6.68. The van der Waals surface area contributed by atoms with E-state index in [1.54, 1.807) is 4.90 Å². The van der Waals surface area contributed by atoms with Crippen molar-refractivity contribution < 1.29 is 17.9 Å². The molecule has 0 bridgehead atoms. The number of aromatic nitrogens is 1. The van der Waals surface area contributed by atoms with E-state index in [0.717, 1.165) is 17.4 Å². The number of amides is 1. The fourth-order valence-corrected chi connectivity index (χ4v) is 5.85. The van der Waals surface area contributed by atoms with E-state index in [1.165, 1.54) is 0 Å². The Labute approximate surface area is 147 Å². The van der Waals surface area contributed by atoms with Crippen LogP contribution in [0.25, 0.3) is 10.9 Å². The smallest absolute Gasteiger partial charge is 0.256 e. The fraction of sp³-hybridized carbons (Fsp3) is 0.500. The molecule has 0 aliphatic carbocycles. The molecule has 0 N–H and O–H groups in total. The quantitative estimate of drug-likeness (QED) is 0.815. The van der Waals surface area contributed by atoms with E-state index in [-0.39, 0.29) is 30.9 Å². The molecule has 2 aromatic rings. The molecular formula is C18H22N2O4S. The monoisotopic (exact) mass is 362 g/mol. The van der Waals surface area contributed by atoms with Gasteiger partial charge in [-0.05, 0) is 19.4 Å². The van der Waals surface area contributed by atoms with Crippen LogP contribution >= 0.6 is 0 Å². The molecule has 0 spiro atoms. The van der Waals surface area contributed by atoms with Crippen LogP contribution in [0.15, 0.2) is 30.5 Å². The topological polar surface area (TPSA) is 68.6 Å². The van der Waals surface area contributed by atoms with Crippen molar-refractivity contribution in [3.8, 4) is 0 Å². The van der Waals surface area contributed by atoms with Crippen LogP contribution in [0, 0.1) is 0 Å². The predicted molar refractivity (Wildman–Crippen MR) is 95.4 cm³/mol. The highest BCUT2D eigenvalue weighted by atomic mass is 32.2. The summed E-state index contributed by atoms with van der Waals surface area (Å²) in [6, 6.07) is 7.57. The second-order valence-corrected chi connectivity index (χ2v) is 9.02. The van der Waals surface area contributed by atoms with Gasteiger partial charge in [0.15, 0.2) is 9.84 Å². The maximum absolute atomic E-state index is 13.3. The van der Waals surface area contributed by atoms with Gasteiger partial charge in [0.2, 0.25) is 0 Å². The molecule has 0 unspecified atom stereocenters. The number of ether oxygens (including phenoxy) is 1. The number of rotatable bonds is 2. The first-order chi connectivity index (χ1) is 12.0. The molecule has 6 nitrogen and oxygen atoms in total. The van der Waals surface area contributed by atoms with Crippen molar-refractivity contribution >= 4 is 26.6 Å². The van der Waals surface area contributed by atoms with Crippen LogP contribution in [0.3, 0.4) is 0 Å². The standard InChI is InChI=1S/C18H22N2O4S/c1-2-19-11-14(13-5-3-4-6-15(13)19)18(21)20-8-10-25(22,23)17-12-24-9-7-16(17)20/h3-6,11,16-17H,2,7-10,12H2,1H3/t16-,17-/m0/s1. The van der Waals surface area contributed by atoms with Gasteiger partial charge in [0.05, 0.1) is 24.0 Å². The summed E-state index contributed by atoms with van der Waals surface area (Å²) in [5.41, 5.74) is 1.68. The van der Waals surface area contributed by atoms with E-state index in [1.807, 2.05) is 37.4 Å². The third kappa shape index (κ3) is 2.66. The van der Waals surface area contributed by atoms with Gasteiger partial charge >= 0.3 is 0 Å². The molecule has 1 amide bonds. The zero-order chi connectivity index (χ0) is 17.6. The lowest BCUT2D eigenvalue weighted by atomic mass is 10.0. The SMILES string of the molecule is CCn1cc(C(=O)N2CCS(=O)(=O)[C@H]3COCC[C@@H]32)c2ccccc21. The molecule has 3 heterocycles. The molecule has 2 aliphatic heterocycles. The number of sulfone groups is 1. The van der Waals surface area contributed by atoms with Gasteiger partial charge in [-0.3, -0.25) is 4.79 Å². The largest absolute Gasteiger partial charge is 0.380 e. The molecular weight excluding hydrogens is 340 g/mol. The van der Waals surface area contributed by atoms with E-state index < -0.39 is 15.1 Å². The van der Waals surface area contributed by atoms with Gasteiger partial charge in [-0.2, -0.15) is 0 Å². The van der Waals surface area contributed by atoms with Crippen molar-refractivity contribution in [3.05, 3.63) is 36.0 Å². The van der Waals surface area contributed by atoms with Crippen molar-refractivity contribution in [1.82, 2.24) is 9.47 Å². The van der Waals surface area contributed by atoms with Crippen LogP contribution in [0.1, 0.15) is 23.7 Å². The Morgan fingerprint density at radius 2 is 2.12 bits per heavy atom. The Bertz CT molecular complexity index is 918. The van der Waals surface area contributed by atoms with Crippen molar-refractivity contribution in [2.24, 2.45) is 0 Å². The summed E-state index contributed by atoms with van der Waals surface area (Å²) in [6.07, 6.45) is 2.46. The number of benzene rings is 1. The van der Waals surface area contributed by atoms with Gasteiger partial charge in [0.25, 0.3) is 5.91 Å². The summed E-state index contributed by atoms with van der Waals surface area (Å²) < 4.78 is 32.2. The zero-order valence-corrected chi connectivity index (χ0v) is 15.0. The molecule has 1 aromatic heterocycles. The highest BCUT2D eigenvalue weighted by Gasteiger charge is 2.45. The Hall–Kier alpha value is -1.86. The van der Waals surface area contributed by atoms with E-state index in [2.05, 4.69) is 4.57 Å². The van der Waals surface area contributed by atoms with Crippen LogP contribution < -0.4 is 0 Å². The minimum atomic E-state index is -3.20. The summed E-state index contributed by atoms with van der Waals surface area (Å²) in [5.74, 6) is -0.0643. The van der Waals surface area contributed by atoms with Gasteiger partial charge in [-0.25, -0.2) is 8.42 Å². The highest BCUT2D eigenvalue weighted by molar-refractivity contribution is 7.92. The summed E-state index contributed by atoms with van der Waals surface area (Å²) >= 11 is 0. The van der Waals surface area contributed by atoms with Crippen LogP contribution in [0.2, 0.25) is 0 Å². The Kier molecular flexibility index (Phi) is 4.08. The van der Waals surface area contributed by atoms with Crippen molar-refractivity contribution in [3.63, 3.8) is 0 Å². The first kappa shape index (κ1) is 16.6. The molecule has 0 radical (unpaired) electrons. The van der Waals surface area contributed by atoms with Crippen molar-refractivity contribution in [2.45, 2.75) is 31.2 Å². The molecule has 1 aromatic carbocycles. The maximum atomic E-state index is 13.3. The number of aryl methyl sites for hydroxylation is 1. The normalized spacial score (nSPS) is 25.7. The van der Waals surface area contributed by atoms with Crippen molar-refractivity contribution in [1.29, 1.82) is 0 Å². The number of hydrogen-bond acceptors (Lipinski definition) is 4. The van der Waals surface area contributed by atoms with E-state index in [9.17, 15) is 13.2 Å². The van der Waals surface area contributed by atoms with Gasteiger partial charge < -0.3 is 14.2 Å². The van der Waals surface area contributed by atoms with Crippen LogP contribution in [-0.2, 0) is 21.1 Å². The van der Waals surface area contributed by atoms with Crippen LogP contribution in [0.5, 0.6) is 0 Å². The summed E-state index contributed by atoms with van der Waals surface area (Å²) in [5, 5.41) is 0.324. The first-order valence-electron chi connectivity index (χ1n) is 8.71. The van der Waals surface area contributed by atoms with Gasteiger partial charge in [0, 0.05) is 36.8 Å². The highest BCUT2D eigenvalue weighted by Crippen LogP contribution is 2.30. The molecule has 2 atom stereocenters. The third-order valence-electron chi connectivity index (χ3n) is 5.37. The number of carbonyl (C=O) groups excluding carboxylic acids is 1. The number of fused-ring (bicyclic) bond motifs is 2. The molecule has 7 heteroatoms. The fourth-order valence-electron chi connectivity index (χ4n) is 4.03. The summed E-state index contributed by atoms with van der Waals surface area (Å²) in [6.45, 7) is 3.77. The summed E-state index contributed by atoms with van der Waals surface area (Å²) in [7, 11) is -3.20. The van der Waals surface area contributed by atoms with Crippen LogP contribution in [0.4, 0.5) is 0 Å². The zero-order valence-electron chi connectivity index (χ0n) is 14.2. The molecule has 2 aliphatic rings. The maximum Gasteiger partial charge on any atom is 0.256 e. The Morgan fingerprint density at radius 1 is 1.32 bits per heavy atom. The molecule has 0 saturated carbocycles. The first-order valence-corrected chi connectivity index (χ1v) is 10.4. The van der Waals surface area contributed by atoms with Crippen LogP contribution in [-0.4, -0.2) is 60.6 Å². The van der Waals surface area contributed by atoms with Crippen molar-refractivity contribution in [2.75, 3.05) is 25.5 Å². The molecule has 4 rings (SSSR count). The Morgan fingerprint density at radius 3 is 2.92 bits per heavy atom. The number of hydrogen-bond donors (Lipinski definition) is 0. The number of carbonyl (C=O) groups is 1. The second kappa shape index (κ2) is 6.14. The third-order valence-corrected chi connectivity index (χ3v) is 7.49. The lowest BCUT2D eigenvalue weighted by Gasteiger charge is -2.43. The predicted octanol–water partition coefficient (Wildman–Crippen LogP) is 1.69. The van der Waals surface area contributed by atoms with E-state index in [4.69, 9.17) is 4.74 Å². The Balaban J connectivity index is 1.74. The van der Waals surface area contributed by atoms with Gasteiger partial charge in [-0.15, -0.1) is 0 Å². The number of para-hydroxylation sites is 1. The van der Waals surface area contributed by atoms with E-state index in [0.29, 0.717) is 18.6 Å². The lowest BCUT2D eigenvalue weighted by Crippen LogP contribution is -2.60. The van der Waals surface area contributed by atoms with E-state index >= 15 is 0 Å². The molecule has 134 valence electrons. The summed E-state index contributed by atoms with van der Waals surface area (Å²) in [4.78, 5) is 15.0. The number of nitrogens with zero attached hydrogens (tertiary/aromatic N) is 2. The molecule has 2 saturated heterocycles. The minimum absolute atomic E-state index is 0.00961. The lowest BCUT2D eigenvalue weighted by molar-refractivity contribution is 0.0295. The van der Waals surface area contributed by atoms with Gasteiger partial charge in [0.1, 0.15) is 5.25 Å².